The third-order valence-corrected chi connectivity index (χ3v) is 4.85. The molecule has 0 spiro atoms. The van der Waals surface area contributed by atoms with E-state index in [-0.39, 0.29) is 11.8 Å². The first-order chi connectivity index (χ1) is 12.0. The van der Waals surface area contributed by atoms with Crippen LogP contribution in [-0.4, -0.2) is 86.4 Å². The van der Waals surface area contributed by atoms with Crippen LogP contribution < -0.4 is 5.32 Å². The smallest absolute Gasteiger partial charge is 0.251 e. The van der Waals surface area contributed by atoms with Gasteiger partial charge in [0.1, 0.15) is 0 Å². The zero-order chi connectivity index (χ0) is 18.2. The topological polar surface area (TPSA) is 55.9 Å². The molecule has 1 fully saturated rings. The highest BCUT2D eigenvalue weighted by Crippen LogP contribution is 2.10. The monoisotopic (exact) mass is 410 g/mol. The third-order valence-electron chi connectivity index (χ3n) is 4.32. The van der Waals surface area contributed by atoms with Gasteiger partial charge in [-0.15, -0.1) is 0 Å². The van der Waals surface area contributed by atoms with Crippen LogP contribution >= 0.6 is 15.9 Å². The SMILES string of the molecule is CN(C)CCN1CCN(C(=O)CCNC(=O)c2ccc(Br)cc2)CC1. The van der Waals surface area contributed by atoms with Crippen molar-refractivity contribution < 1.29 is 9.59 Å². The van der Waals surface area contributed by atoms with Gasteiger partial charge in [0, 0.05) is 62.3 Å². The Labute approximate surface area is 158 Å². The number of piperazine rings is 1. The second kappa shape index (κ2) is 9.89. The summed E-state index contributed by atoms with van der Waals surface area (Å²) in [5.74, 6) is -0.0304. The van der Waals surface area contributed by atoms with E-state index in [1.807, 2.05) is 17.0 Å². The summed E-state index contributed by atoms with van der Waals surface area (Å²) in [6.07, 6.45) is 0.347. The first kappa shape index (κ1) is 19.9. The van der Waals surface area contributed by atoms with Crippen molar-refractivity contribution in [2.45, 2.75) is 6.42 Å². The highest BCUT2D eigenvalue weighted by molar-refractivity contribution is 9.10. The molecule has 1 aliphatic rings. The number of hydrogen-bond acceptors (Lipinski definition) is 4. The molecule has 138 valence electrons. The zero-order valence-corrected chi connectivity index (χ0v) is 16.6. The van der Waals surface area contributed by atoms with Crippen molar-refractivity contribution in [2.24, 2.45) is 0 Å². The van der Waals surface area contributed by atoms with Gasteiger partial charge in [0.25, 0.3) is 5.91 Å². The van der Waals surface area contributed by atoms with Crippen molar-refractivity contribution in [1.29, 1.82) is 0 Å². The summed E-state index contributed by atoms with van der Waals surface area (Å²) in [6, 6.07) is 7.17. The van der Waals surface area contributed by atoms with Gasteiger partial charge < -0.3 is 15.1 Å². The molecule has 1 aliphatic heterocycles. The maximum Gasteiger partial charge on any atom is 0.251 e. The van der Waals surface area contributed by atoms with Gasteiger partial charge >= 0.3 is 0 Å². The largest absolute Gasteiger partial charge is 0.352 e. The predicted molar refractivity (Wildman–Crippen MR) is 103 cm³/mol. The number of likely N-dealkylation sites (N-methyl/N-ethyl adjacent to an activating group) is 1. The molecule has 1 saturated heterocycles. The number of hydrogen-bond donors (Lipinski definition) is 1. The lowest BCUT2D eigenvalue weighted by Crippen LogP contribution is -2.50. The molecule has 0 aliphatic carbocycles. The fourth-order valence-corrected chi connectivity index (χ4v) is 2.97. The Hall–Kier alpha value is -1.44. The molecule has 0 bridgehead atoms. The van der Waals surface area contributed by atoms with E-state index in [2.05, 4.69) is 45.1 Å². The zero-order valence-electron chi connectivity index (χ0n) is 15.0. The number of carbonyl (C=O) groups excluding carboxylic acids is 2. The lowest BCUT2D eigenvalue weighted by Gasteiger charge is -2.35. The van der Waals surface area contributed by atoms with Gasteiger partial charge in [-0.05, 0) is 38.4 Å². The average Bonchev–Trinajstić information content (AvgIpc) is 2.60. The van der Waals surface area contributed by atoms with Crippen LogP contribution in [0.15, 0.2) is 28.7 Å². The Morgan fingerprint density at radius 3 is 2.36 bits per heavy atom. The maximum absolute atomic E-state index is 12.3. The normalized spacial score (nSPS) is 15.4. The average molecular weight is 411 g/mol. The summed E-state index contributed by atoms with van der Waals surface area (Å²) in [6.45, 7) is 5.83. The molecule has 0 aromatic heterocycles. The minimum atomic E-state index is -0.145. The Morgan fingerprint density at radius 1 is 1.12 bits per heavy atom. The minimum absolute atomic E-state index is 0.114. The molecule has 0 atom stereocenters. The number of nitrogens with zero attached hydrogens (tertiary/aromatic N) is 3. The molecule has 1 heterocycles. The number of amides is 2. The summed E-state index contributed by atoms with van der Waals surface area (Å²) < 4.78 is 0.934. The van der Waals surface area contributed by atoms with E-state index in [1.165, 1.54) is 0 Å². The second-order valence-electron chi connectivity index (χ2n) is 6.54. The number of nitrogens with one attached hydrogen (secondary N) is 1. The van der Waals surface area contributed by atoms with Crippen LogP contribution in [0, 0.1) is 0 Å². The maximum atomic E-state index is 12.3. The molecule has 1 aromatic carbocycles. The fourth-order valence-electron chi connectivity index (χ4n) is 2.71. The summed E-state index contributed by atoms with van der Waals surface area (Å²) in [4.78, 5) is 30.8. The number of benzene rings is 1. The van der Waals surface area contributed by atoms with Gasteiger partial charge in [-0.1, -0.05) is 15.9 Å². The second-order valence-corrected chi connectivity index (χ2v) is 7.45. The molecule has 1 N–H and O–H groups in total. The van der Waals surface area contributed by atoms with E-state index >= 15 is 0 Å². The van der Waals surface area contributed by atoms with Crippen molar-refractivity contribution >= 4 is 27.7 Å². The third kappa shape index (κ3) is 6.76. The quantitative estimate of drug-likeness (QED) is 0.735. The predicted octanol–water partition coefficient (Wildman–Crippen LogP) is 1.27. The lowest BCUT2D eigenvalue weighted by atomic mass is 10.2. The summed E-state index contributed by atoms with van der Waals surface area (Å²) in [7, 11) is 4.14. The number of rotatable bonds is 7. The fraction of sp³-hybridized carbons (Fsp3) is 0.556. The van der Waals surface area contributed by atoms with E-state index in [1.54, 1.807) is 12.1 Å². The van der Waals surface area contributed by atoms with Crippen LogP contribution in [0.4, 0.5) is 0 Å². The molecule has 25 heavy (non-hydrogen) atoms. The molecular weight excluding hydrogens is 384 g/mol. The van der Waals surface area contributed by atoms with Crippen LogP contribution in [0.1, 0.15) is 16.8 Å². The number of halogens is 1. The van der Waals surface area contributed by atoms with Crippen LogP contribution in [-0.2, 0) is 4.79 Å². The van der Waals surface area contributed by atoms with Crippen LogP contribution in [0.3, 0.4) is 0 Å². The molecule has 7 heteroatoms. The summed E-state index contributed by atoms with van der Waals surface area (Å²) in [5.41, 5.74) is 0.602. The highest BCUT2D eigenvalue weighted by Gasteiger charge is 2.20. The molecule has 0 radical (unpaired) electrons. The standard InChI is InChI=1S/C18H27BrN4O2/c1-21(2)9-10-22-11-13-23(14-12-22)17(24)7-8-20-18(25)15-3-5-16(19)6-4-15/h3-6H,7-14H2,1-2H3,(H,20,25). The van der Waals surface area contributed by atoms with Crippen molar-refractivity contribution in [3.63, 3.8) is 0 Å². The van der Waals surface area contributed by atoms with Crippen molar-refractivity contribution in [2.75, 3.05) is 59.9 Å². The van der Waals surface area contributed by atoms with Gasteiger partial charge in [-0.2, -0.15) is 0 Å². The highest BCUT2D eigenvalue weighted by atomic mass is 79.9. The van der Waals surface area contributed by atoms with Crippen LogP contribution in [0.25, 0.3) is 0 Å². The van der Waals surface area contributed by atoms with Crippen molar-refractivity contribution in [1.82, 2.24) is 20.0 Å². The number of carbonyl (C=O) groups is 2. The van der Waals surface area contributed by atoms with E-state index in [9.17, 15) is 9.59 Å². The van der Waals surface area contributed by atoms with Gasteiger partial charge in [-0.25, -0.2) is 0 Å². The molecule has 6 nitrogen and oxygen atoms in total. The first-order valence-corrected chi connectivity index (χ1v) is 9.43. The Morgan fingerprint density at radius 2 is 1.76 bits per heavy atom. The molecule has 0 saturated carbocycles. The Bertz CT molecular complexity index is 569. The Balaban J connectivity index is 1.65. The van der Waals surface area contributed by atoms with Gasteiger partial charge in [0.05, 0.1) is 0 Å². The molecule has 1 aromatic rings. The molecule has 2 amide bonds. The van der Waals surface area contributed by atoms with Crippen molar-refractivity contribution in [3.8, 4) is 0 Å². The lowest BCUT2D eigenvalue weighted by molar-refractivity contribution is -0.132. The van der Waals surface area contributed by atoms with Gasteiger partial charge in [0.2, 0.25) is 5.91 Å². The van der Waals surface area contributed by atoms with E-state index < -0.39 is 0 Å². The van der Waals surface area contributed by atoms with Crippen molar-refractivity contribution in [3.05, 3.63) is 34.3 Å². The van der Waals surface area contributed by atoms with Gasteiger partial charge in [-0.3, -0.25) is 14.5 Å². The Kier molecular flexibility index (Phi) is 7.87. The van der Waals surface area contributed by atoms with E-state index in [4.69, 9.17) is 0 Å². The van der Waals surface area contributed by atoms with E-state index in [0.29, 0.717) is 18.5 Å². The summed E-state index contributed by atoms with van der Waals surface area (Å²) in [5, 5.41) is 2.81. The molecule has 0 unspecified atom stereocenters. The van der Waals surface area contributed by atoms with Crippen LogP contribution in [0.5, 0.6) is 0 Å². The summed E-state index contributed by atoms with van der Waals surface area (Å²) >= 11 is 3.34. The first-order valence-electron chi connectivity index (χ1n) is 8.64. The van der Waals surface area contributed by atoms with E-state index in [0.717, 1.165) is 43.7 Å². The van der Waals surface area contributed by atoms with Gasteiger partial charge in [0.15, 0.2) is 0 Å². The minimum Gasteiger partial charge on any atom is -0.352 e. The molecular formula is C18H27BrN4O2. The van der Waals surface area contributed by atoms with Crippen LogP contribution in [0.2, 0.25) is 0 Å². The molecule has 2 rings (SSSR count).